The van der Waals surface area contributed by atoms with Crippen molar-refractivity contribution in [2.75, 3.05) is 0 Å². The fourth-order valence-corrected chi connectivity index (χ4v) is 2.80. The smallest absolute Gasteiger partial charge is 0.358 e. The molecular formula is C16H13N3O3S. The van der Waals surface area contributed by atoms with Crippen molar-refractivity contribution >= 4 is 26.7 Å². The standard InChI is InChI=1S/C16H13N3O3S/c17-16(13-7-9-18-10-8-13)19-22-23(20,21)15-6-5-12-3-1-2-4-14(12)11-15/h1-11H,(H2,17,19). The molecule has 0 amide bonds. The summed E-state index contributed by atoms with van der Waals surface area (Å²) in [4.78, 5) is 3.86. The number of nitrogens with two attached hydrogens (primary N) is 1. The molecule has 0 saturated heterocycles. The zero-order valence-electron chi connectivity index (χ0n) is 12.0. The number of fused-ring (bicyclic) bond motifs is 1. The first-order valence-corrected chi connectivity index (χ1v) is 8.13. The van der Waals surface area contributed by atoms with E-state index in [-0.39, 0.29) is 10.7 Å². The largest absolute Gasteiger partial charge is 0.380 e. The molecule has 0 spiro atoms. The molecule has 2 N–H and O–H groups in total. The Kier molecular flexibility index (Phi) is 3.94. The van der Waals surface area contributed by atoms with Gasteiger partial charge in [0.25, 0.3) is 0 Å². The molecule has 3 rings (SSSR count). The van der Waals surface area contributed by atoms with Gasteiger partial charge in [-0.1, -0.05) is 30.3 Å². The van der Waals surface area contributed by atoms with Gasteiger partial charge in [0.05, 0.1) is 0 Å². The molecule has 0 radical (unpaired) electrons. The summed E-state index contributed by atoms with van der Waals surface area (Å²) in [6, 6.07) is 15.3. The highest BCUT2D eigenvalue weighted by molar-refractivity contribution is 7.86. The molecule has 0 aliphatic heterocycles. The van der Waals surface area contributed by atoms with Crippen molar-refractivity contribution in [1.29, 1.82) is 0 Å². The van der Waals surface area contributed by atoms with Gasteiger partial charge in [0, 0.05) is 18.0 Å². The van der Waals surface area contributed by atoms with Crippen LogP contribution in [0.4, 0.5) is 0 Å². The van der Waals surface area contributed by atoms with E-state index in [4.69, 9.17) is 10.0 Å². The molecular weight excluding hydrogens is 314 g/mol. The SMILES string of the molecule is N/C(=N\OS(=O)(=O)c1ccc2ccccc2c1)c1ccncc1. The van der Waals surface area contributed by atoms with Gasteiger partial charge in [0.15, 0.2) is 5.84 Å². The van der Waals surface area contributed by atoms with E-state index in [0.717, 1.165) is 10.8 Å². The highest BCUT2D eigenvalue weighted by atomic mass is 32.2. The second-order valence-corrected chi connectivity index (χ2v) is 6.28. The molecule has 0 saturated carbocycles. The lowest BCUT2D eigenvalue weighted by Crippen LogP contribution is -2.15. The van der Waals surface area contributed by atoms with Gasteiger partial charge < -0.3 is 5.73 Å². The van der Waals surface area contributed by atoms with E-state index >= 15 is 0 Å². The monoisotopic (exact) mass is 327 g/mol. The van der Waals surface area contributed by atoms with Crippen LogP contribution < -0.4 is 5.73 Å². The molecule has 6 nitrogen and oxygen atoms in total. The van der Waals surface area contributed by atoms with Gasteiger partial charge in [-0.25, -0.2) is 0 Å². The van der Waals surface area contributed by atoms with Gasteiger partial charge in [-0.3, -0.25) is 9.27 Å². The van der Waals surface area contributed by atoms with E-state index in [9.17, 15) is 8.42 Å². The van der Waals surface area contributed by atoms with Gasteiger partial charge in [-0.2, -0.15) is 8.42 Å². The van der Waals surface area contributed by atoms with E-state index in [2.05, 4.69) is 10.1 Å². The molecule has 116 valence electrons. The number of aromatic nitrogens is 1. The van der Waals surface area contributed by atoms with Crippen LogP contribution in [0.25, 0.3) is 10.8 Å². The van der Waals surface area contributed by atoms with E-state index in [1.807, 2.05) is 24.3 Å². The number of rotatable bonds is 4. The molecule has 3 aromatic rings. The van der Waals surface area contributed by atoms with Crippen molar-refractivity contribution in [3.8, 4) is 0 Å². The van der Waals surface area contributed by atoms with Gasteiger partial charge in [0.1, 0.15) is 4.90 Å². The average Bonchev–Trinajstić information content (AvgIpc) is 2.60. The third-order valence-electron chi connectivity index (χ3n) is 3.22. The van der Waals surface area contributed by atoms with Crippen molar-refractivity contribution in [3.05, 3.63) is 72.6 Å². The van der Waals surface area contributed by atoms with Crippen LogP contribution in [0.1, 0.15) is 5.56 Å². The van der Waals surface area contributed by atoms with Gasteiger partial charge in [0.2, 0.25) is 0 Å². The van der Waals surface area contributed by atoms with Gasteiger partial charge >= 0.3 is 10.1 Å². The Balaban J connectivity index is 1.88. The Morgan fingerprint density at radius 2 is 1.70 bits per heavy atom. The van der Waals surface area contributed by atoms with Crippen molar-refractivity contribution in [3.63, 3.8) is 0 Å². The van der Waals surface area contributed by atoms with Crippen molar-refractivity contribution in [2.24, 2.45) is 10.9 Å². The first kappa shape index (κ1) is 15.0. The number of oxime groups is 1. The zero-order valence-corrected chi connectivity index (χ0v) is 12.8. The summed E-state index contributed by atoms with van der Waals surface area (Å²) in [7, 11) is -4.04. The number of hydrogen-bond donors (Lipinski definition) is 1. The Morgan fingerprint density at radius 1 is 1.00 bits per heavy atom. The lowest BCUT2D eigenvalue weighted by molar-refractivity contribution is 0.338. The average molecular weight is 327 g/mol. The Hall–Kier alpha value is -2.93. The first-order chi connectivity index (χ1) is 11.1. The molecule has 1 heterocycles. The third-order valence-corrected chi connectivity index (χ3v) is 4.32. The van der Waals surface area contributed by atoms with Crippen molar-refractivity contribution in [1.82, 2.24) is 4.98 Å². The summed E-state index contributed by atoms with van der Waals surface area (Å²) in [5.41, 5.74) is 6.23. The maximum Gasteiger partial charge on any atom is 0.358 e. The minimum atomic E-state index is -4.04. The van der Waals surface area contributed by atoms with E-state index < -0.39 is 10.1 Å². The molecule has 1 aromatic heterocycles. The van der Waals surface area contributed by atoms with Crippen LogP contribution in [0.15, 0.2) is 77.0 Å². The summed E-state index contributed by atoms with van der Waals surface area (Å²) in [6.45, 7) is 0. The molecule has 0 fully saturated rings. The summed E-state index contributed by atoms with van der Waals surface area (Å²) in [5.74, 6) is -0.0447. The second-order valence-electron chi connectivity index (χ2n) is 4.75. The van der Waals surface area contributed by atoms with Crippen LogP contribution >= 0.6 is 0 Å². The lowest BCUT2D eigenvalue weighted by atomic mass is 10.1. The molecule has 23 heavy (non-hydrogen) atoms. The maximum absolute atomic E-state index is 12.2. The zero-order chi connectivity index (χ0) is 16.3. The predicted molar refractivity (Wildman–Crippen MR) is 87.2 cm³/mol. The van der Waals surface area contributed by atoms with Crippen LogP contribution in [0.2, 0.25) is 0 Å². The second kappa shape index (κ2) is 6.05. The Bertz CT molecular complexity index is 970. The quantitative estimate of drug-likeness (QED) is 0.450. The van der Waals surface area contributed by atoms with Crippen LogP contribution in [0.5, 0.6) is 0 Å². The molecule has 0 unspecified atom stereocenters. The Morgan fingerprint density at radius 3 is 2.43 bits per heavy atom. The third kappa shape index (κ3) is 3.29. The summed E-state index contributed by atoms with van der Waals surface area (Å²) < 4.78 is 29.1. The van der Waals surface area contributed by atoms with Crippen molar-refractivity contribution < 1.29 is 12.7 Å². The number of nitrogens with zero attached hydrogens (tertiary/aromatic N) is 2. The van der Waals surface area contributed by atoms with Gasteiger partial charge in [-0.15, -0.1) is 0 Å². The van der Waals surface area contributed by atoms with Crippen LogP contribution in [0, 0.1) is 0 Å². The highest BCUT2D eigenvalue weighted by Gasteiger charge is 2.16. The molecule has 0 aliphatic rings. The van der Waals surface area contributed by atoms with E-state index in [1.54, 1.807) is 18.2 Å². The molecule has 0 atom stereocenters. The molecule has 0 bridgehead atoms. The van der Waals surface area contributed by atoms with Crippen LogP contribution in [-0.2, 0) is 14.4 Å². The minimum Gasteiger partial charge on any atom is -0.380 e. The van der Waals surface area contributed by atoms with Crippen molar-refractivity contribution in [2.45, 2.75) is 4.90 Å². The first-order valence-electron chi connectivity index (χ1n) is 6.72. The maximum atomic E-state index is 12.2. The number of hydrogen-bond acceptors (Lipinski definition) is 5. The number of amidine groups is 1. The fraction of sp³-hybridized carbons (Fsp3) is 0. The fourth-order valence-electron chi connectivity index (χ4n) is 2.03. The summed E-state index contributed by atoms with van der Waals surface area (Å²) in [6.07, 6.45) is 3.05. The number of pyridine rings is 1. The minimum absolute atomic E-state index is 0.0162. The lowest BCUT2D eigenvalue weighted by Gasteiger charge is -2.04. The topological polar surface area (TPSA) is 94.6 Å². The molecule has 0 aliphatic carbocycles. The molecule has 7 heteroatoms. The highest BCUT2D eigenvalue weighted by Crippen LogP contribution is 2.20. The van der Waals surface area contributed by atoms with Crippen LogP contribution in [0.3, 0.4) is 0 Å². The normalized spacial score (nSPS) is 12.3. The molecule has 2 aromatic carbocycles. The summed E-state index contributed by atoms with van der Waals surface area (Å²) >= 11 is 0. The van der Waals surface area contributed by atoms with E-state index in [0.29, 0.717) is 5.56 Å². The van der Waals surface area contributed by atoms with Gasteiger partial charge in [-0.05, 0) is 40.2 Å². The van der Waals surface area contributed by atoms with Crippen LogP contribution in [-0.4, -0.2) is 19.2 Å². The predicted octanol–water partition coefficient (Wildman–Crippen LogP) is 2.26. The Labute approximate surface area is 133 Å². The summed E-state index contributed by atoms with van der Waals surface area (Å²) in [5, 5.41) is 5.23. The number of benzene rings is 2. The van der Waals surface area contributed by atoms with E-state index in [1.165, 1.54) is 24.5 Å².